The number of nitrogens with two attached hydrogens (primary N) is 2. The van der Waals surface area contributed by atoms with Crippen LogP contribution in [0, 0.1) is 0 Å². The third-order valence-electron chi connectivity index (χ3n) is 1.40. The van der Waals surface area contributed by atoms with E-state index >= 15 is 0 Å². The summed E-state index contributed by atoms with van der Waals surface area (Å²) in [6, 6.07) is 9.84. The summed E-state index contributed by atoms with van der Waals surface area (Å²) >= 11 is 0. The van der Waals surface area contributed by atoms with Crippen molar-refractivity contribution in [3.05, 3.63) is 30.3 Å². The van der Waals surface area contributed by atoms with Gasteiger partial charge in [-0.3, -0.25) is 0 Å². The van der Waals surface area contributed by atoms with Crippen LogP contribution in [-0.4, -0.2) is 8.40 Å². The number of hydrogen-bond donors (Lipinski definition) is 2. The number of benzene rings is 1. The first-order chi connectivity index (χ1) is 4.61. The van der Waals surface area contributed by atoms with Gasteiger partial charge in [-0.15, -0.1) is 0 Å². The van der Waals surface area contributed by atoms with Crippen LogP contribution in [0.2, 0.25) is 6.55 Å². The molecule has 0 amide bonds. The molecule has 0 aromatic heterocycles. The van der Waals surface area contributed by atoms with E-state index in [1.807, 2.05) is 36.9 Å². The third-order valence-corrected chi connectivity index (χ3v) is 2.97. The summed E-state index contributed by atoms with van der Waals surface area (Å²) in [6.07, 6.45) is 0. The Morgan fingerprint density at radius 3 is 1.90 bits per heavy atom. The summed E-state index contributed by atoms with van der Waals surface area (Å²) in [5, 5.41) is 12.6. The summed E-state index contributed by atoms with van der Waals surface area (Å²) in [7, 11) is -2.03. The van der Waals surface area contributed by atoms with Crippen LogP contribution in [-0.2, 0) is 0 Å². The molecule has 0 radical (unpaired) electrons. The Bertz CT molecular complexity index is 203. The van der Waals surface area contributed by atoms with Crippen LogP contribution in [0.5, 0.6) is 0 Å². The van der Waals surface area contributed by atoms with Crippen LogP contribution in [0.3, 0.4) is 0 Å². The molecule has 0 aliphatic heterocycles. The molecule has 0 unspecified atom stereocenters. The molecular weight excluding hydrogens is 140 g/mol. The van der Waals surface area contributed by atoms with E-state index in [4.69, 9.17) is 10.8 Å². The van der Waals surface area contributed by atoms with Gasteiger partial charge in [0.15, 0.2) is 0 Å². The highest BCUT2D eigenvalue weighted by Gasteiger charge is 2.17. The monoisotopic (exact) mass is 152 g/mol. The summed E-state index contributed by atoms with van der Waals surface area (Å²) in [5.74, 6) is 0. The summed E-state index contributed by atoms with van der Waals surface area (Å²) in [4.78, 5) is 0. The van der Waals surface area contributed by atoms with Crippen LogP contribution in [0.1, 0.15) is 0 Å². The molecule has 0 spiro atoms. The smallest absolute Gasteiger partial charge is 0.225 e. The molecule has 1 aromatic rings. The molecule has 0 atom stereocenters. The van der Waals surface area contributed by atoms with Crippen molar-refractivity contribution < 1.29 is 0 Å². The van der Waals surface area contributed by atoms with E-state index < -0.39 is 8.40 Å². The Labute approximate surface area is 62.0 Å². The lowest BCUT2D eigenvalue weighted by Crippen LogP contribution is -2.62. The molecule has 0 heterocycles. The zero-order valence-corrected chi connectivity index (χ0v) is 7.04. The molecule has 0 aliphatic rings. The van der Waals surface area contributed by atoms with Gasteiger partial charge >= 0.3 is 0 Å². The maximum absolute atomic E-state index is 5.77. The predicted octanol–water partition coefficient (Wildman–Crippen LogP) is -0.117. The second-order valence-corrected chi connectivity index (χ2v) is 5.79. The van der Waals surface area contributed by atoms with Gasteiger partial charge in [0.2, 0.25) is 8.40 Å². The summed E-state index contributed by atoms with van der Waals surface area (Å²) in [6.45, 7) is 1.92. The predicted molar refractivity (Wildman–Crippen MR) is 46.1 cm³/mol. The van der Waals surface area contributed by atoms with Gasteiger partial charge in [0.25, 0.3) is 0 Å². The standard InChI is InChI=1S/C7H12N2Si/c1-10(8,9)7-5-3-2-4-6-7/h2-6H,8-9H2,1H3. The van der Waals surface area contributed by atoms with E-state index in [2.05, 4.69) is 0 Å². The van der Waals surface area contributed by atoms with Gasteiger partial charge in [0, 0.05) is 0 Å². The van der Waals surface area contributed by atoms with Gasteiger partial charge in [-0.2, -0.15) is 0 Å². The average Bonchev–Trinajstić information content (AvgIpc) is 1.88. The van der Waals surface area contributed by atoms with E-state index in [1.54, 1.807) is 0 Å². The van der Waals surface area contributed by atoms with Crippen LogP contribution in [0.25, 0.3) is 0 Å². The maximum Gasteiger partial charge on any atom is 0.225 e. The second-order valence-electron chi connectivity index (χ2n) is 2.65. The van der Waals surface area contributed by atoms with E-state index in [0.29, 0.717) is 0 Å². The van der Waals surface area contributed by atoms with Crippen molar-refractivity contribution >= 4 is 13.6 Å². The maximum atomic E-state index is 5.77. The van der Waals surface area contributed by atoms with Gasteiger partial charge in [0.05, 0.1) is 0 Å². The molecule has 1 rings (SSSR count). The molecular formula is C7H12N2Si. The SMILES string of the molecule is C[Si](N)(N)c1ccccc1. The quantitative estimate of drug-likeness (QED) is 0.551. The highest BCUT2D eigenvalue weighted by atomic mass is 28.3. The van der Waals surface area contributed by atoms with Gasteiger partial charge in [0.1, 0.15) is 0 Å². The fraction of sp³-hybridized carbons (Fsp3) is 0.143. The van der Waals surface area contributed by atoms with Gasteiger partial charge in [-0.05, 0) is 11.7 Å². The van der Waals surface area contributed by atoms with Crippen molar-refractivity contribution in [1.29, 1.82) is 0 Å². The van der Waals surface area contributed by atoms with E-state index in [1.165, 1.54) is 0 Å². The van der Waals surface area contributed by atoms with Crippen LogP contribution >= 0.6 is 0 Å². The Morgan fingerprint density at radius 2 is 1.60 bits per heavy atom. The highest BCUT2D eigenvalue weighted by molar-refractivity contribution is 6.85. The fourth-order valence-corrected chi connectivity index (χ4v) is 1.71. The topological polar surface area (TPSA) is 52.0 Å². The van der Waals surface area contributed by atoms with Crippen LogP contribution in [0.15, 0.2) is 30.3 Å². The van der Waals surface area contributed by atoms with Crippen LogP contribution < -0.4 is 16.0 Å². The van der Waals surface area contributed by atoms with Gasteiger partial charge in [-0.25, -0.2) is 0 Å². The molecule has 0 aliphatic carbocycles. The first kappa shape index (κ1) is 7.46. The van der Waals surface area contributed by atoms with Crippen molar-refractivity contribution in [3.8, 4) is 0 Å². The van der Waals surface area contributed by atoms with Gasteiger partial charge in [-0.1, -0.05) is 30.3 Å². The van der Waals surface area contributed by atoms with Gasteiger partial charge < -0.3 is 10.8 Å². The Hall–Kier alpha value is -0.643. The lowest BCUT2D eigenvalue weighted by Gasteiger charge is -2.14. The van der Waals surface area contributed by atoms with Crippen molar-refractivity contribution in [2.45, 2.75) is 6.55 Å². The number of hydrogen-bond acceptors (Lipinski definition) is 2. The van der Waals surface area contributed by atoms with E-state index in [9.17, 15) is 0 Å². The Balaban J connectivity index is 2.97. The summed E-state index contributed by atoms with van der Waals surface area (Å²) < 4.78 is 0. The normalized spacial score (nSPS) is 11.5. The molecule has 0 saturated heterocycles. The molecule has 0 bridgehead atoms. The largest absolute Gasteiger partial charge is 0.336 e. The molecule has 0 saturated carbocycles. The second kappa shape index (κ2) is 2.54. The van der Waals surface area contributed by atoms with E-state index in [0.717, 1.165) is 5.19 Å². The molecule has 1 aromatic carbocycles. The Kier molecular flexibility index (Phi) is 1.89. The molecule has 2 nitrogen and oxygen atoms in total. The first-order valence-corrected chi connectivity index (χ1v) is 5.89. The fourth-order valence-electron chi connectivity index (χ4n) is 0.797. The molecule has 54 valence electrons. The molecule has 4 N–H and O–H groups in total. The highest BCUT2D eigenvalue weighted by Crippen LogP contribution is 1.87. The van der Waals surface area contributed by atoms with Crippen molar-refractivity contribution in [2.24, 2.45) is 10.8 Å². The lowest BCUT2D eigenvalue weighted by molar-refractivity contribution is 1.52. The zero-order chi connectivity index (χ0) is 7.61. The van der Waals surface area contributed by atoms with Crippen molar-refractivity contribution in [1.82, 2.24) is 0 Å². The summed E-state index contributed by atoms with van der Waals surface area (Å²) in [5.41, 5.74) is 0. The Morgan fingerprint density at radius 1 is 1.10 bits per heavy atom. The van der Waals surface area contributed by atoms with E-state index in [-0.39, 0.29) is 0 Å². The number of rotatable bonds is 1. The average molecular weight is 152 g/mol. The van der Waals surface area contributed by atoms with Crippen molar-refractivity contribution in [3.63, 3.8) is 0 Å². The molecule has 10 heavy (non-hydrogen) atoms. The minimum absolute atomic E-state index is 1.09. The zero-order valence-electron chi connectivity index (χ0n) is 6.04. The van der Waals surface area contributed by atoms with Crippen LogP contribution in [0.4, 0.5) is 0 Å². The first-order valence-electron chi connectivity index (χ1n) is 3.24. The minimum atomic E-state index is -2.03. The molecule has 0 fully saturated rings. The molecule has 3 heteroatoms. The van der Waals surface area contributed by atoms with Crippen molar-refractivity contribution in [2.75, 3.05) is 0 Å². The minimum Gasteiger partial charge on any atom is -0.336 e. The third kappa shape index (κ3) is 1.67. The lowest BCUT2D eigenvalue weighted by atomic mass is 10.4.